The smallest absolute Gasteiger partial charge is 0.320 e. The SMILES string of the molecule is O=C1COc2ccc(C(O)CN3CCCC3C(=O)O)cc2N1. The van der Waals surface area contributed by atoms with Gasteiger partial charge in [-0.1, -0.05) is 6.07 Å². The summed E-state index contributed by atoms with van der Waals surface area (Å²) in [6.07, 6.45) is 0.609. The van der Waals surface area contributed by atoms with E-state index >= 15 is 0 Å². The van der Waals surface area contributed by atoms with Crippen molar-refractivity contribution in [2.45, 2.75) is 25.0 Å². The molecule has 118 valence electrons. The molecule has 2 aliphatic rings. The van der Waals surface area contributed by atoms with Gasteiger partial charge in [-0.15, -0.1) is 0 Å². The van der Waals surface area contributed by atoms with Crippen LogP contribution in [0.5, 0.6) is 5.75 Å². The Morgan fingerprint density at radius 2 is 2.32 bits per heavy atom. The molecule has 0 aromatic heterocycles. The lowest BCUT2D eigenvalue weighted by molar-refractivity contribution is -0.142. The first-order valence-corrected chi connectivity index (χ1v) is 7.26. The van der Waals surface area contributed by atoms with Gasteiger partial charge in [0.15, 0.2) is 6.61 Å². The van der Waals surface area contributed by atoms with Crippen molar-refractivity contribution in [3.8, 4) is 5.75 Å². The topological polar surface area (TPSA) is 99.1 Å². The van der Waals surface area contributed by atoms with Crippen LogP contribution >= 0.6 is 0 Å². The van der Waals surface area contributed by atoms with E-state index in [-0.39, 0.29) is 19.1 Å². The number of nitrogens with zero attached hydrogens (tertiary/aromatic N) is 1. The molecule has 3 rings (SSSR count). The lowest BCUT2D eigenvalue weighted by Crippen LogP contribution is -2.38. The number of hydrogen-bond acceptors (Lipinski definition) is 5. The molecule has 1 fully saturated rings. The number of amides is 1. The number of β-amino-alcohol motifs (C(OH)–C–C–N with tert-alkyl or cyclic N) is 1. The van der Waals surface area contributed by atoms with Crippen LogP contribution in [-0.4, -0.2) is 52.7 Å². The van der Waals surface area contributed by atoms with Crippen LogP contribution < -0.4 is 10.1 Å². The Kier molecular flexibility index (Phi) is 4.00. The Balaban J connectivity index is 1.72. The average Bonchev–Trinajstić information content (AvgIpc) is 2.94. The van der Waals surface area contributed by atoms with Gasteiger partial charge in [-0.05, 0) is 37.1 Å². The molecule has 0 bridgehead atoms. The van der Waals surface area contributed by atoms with E-state index < -0.39 is 18.1 Å². The van der Waals surface area contributed by atoms with Crippen LogP contribution in [0.1, 0.15) is 24.5 Å². The van der Waals surface area contributed by atoms with Crippen molar-refractivity contribution >= 4 is 17.6 Å². The summed E-state index contributed by atoms with van der Waals surface area (Å²) in [5.41, 5.74) is 1.16. The Morgan fingerprint density at radius 1 is 1.50 bits per heavy atom. The van der Waals surface area contributed by atoms with Crippen molar-refractivity contribution in [2.75, 3.05) is 25.0 Å². The fourth-order valence-corrected chi connectivity index (χ4v) is 2.96. The maximum absolute atomic E-state index is 11.3. The van der Waals surface area contributed by atoms with E-state index in [9.17, 15) is 14.7 Å². The number of hydrogen-bond donors (Lipinski definition) is 3. The number of aliphatic hydroxyl groups is 1. The summed E-state index contributed by atoms with van der Waals surface area (Å²) in [7, 11) is 0. The van der Waals surface area contributed by atoms with Crippen molar-refractivity contribution in [3.05, 3.63) is 23.8 Å². The van der Waals surface area contributed by atoms with Gasteiger partial charge in [0, 0.05) is 6.54 Å². The third-order valence-electron chi connectivity index (χ3n) is 4.08. The third kappa shape index (κ3) is 2.90. The zero-order chi connectivity index (χ0) is 15.7. The molecule has 1 amide bonds. The molecule has 1 aromatic rings. The third-order valence-corrected chi connectivity index (χ3v) is 4.08. The highest BCUT2D eigenvalue weighted by Crippen LogP contribution is 2.31. The van der Waals surface area contributed by atoms with Crippen LogP contribution in [0.4, 0.5) is 5.69 Å². The summed E-state index contributed by atoms with van der Waals surface area (Å²) in [4.78, 5) is 24.3. The van der Waals surface area contributed by atoms with Gasteiger partial charge >= 0.3 is 5.97 Å². The van der Waals surface area contributed by atoms with E-state index in [1.54, 1.807) is 23.1 Å². The largest absolute Gasteiger partial charge is 0.482 e. The molecule has 22 heavy (non-hydrogen) atoms. The summed E-state index contributed by atoms with van der Waals surface area (Å²) < 4.78 is 5.27. The Labute approximate surface area is 127 Å². The number of nitrogens with one attached hydrogen (secondary N) is 1. The van der Waals surface area contributed by atoms with Gasteiger partial charge in [-0.2, -0.15) is 0 Å². The maximum atomic E-state index is 11.3. The molecule has 3 N–H and O–H groups in total. The highest BCUT2D eigenvalue weighted by atomic mass is 16.5. The van der Waals surface area contributed by atoms with Gasteiger partial charge < -0.3 is 20.3 Å². The number of rotatable bonds is 4. The first-order valence-electron chi connectivity index (χ1n) is 7.26. The lowest BCUT2D eigenvalue weighted by atomic mass is 10.1. The zero-order valence-corrected chi connectivity index (χ0v) is 12.0. The second-order valence-electron chi connectivity index (χ2n) is 5.60. The standard InChI is InChI=1S/C15H18N2O5/c18-12(7-17-5-1-2-11(17)15(20)21)9-3-4-13-10(6-9)16-14(19)8-22-13/h3-4,6,11-12,18H,1-2,5,7-8H2,(H,16,19)(H,20,21). The molecule has 1 aromatic carbocycles. The van der Waals surface area contributed by atoms with Gasteiger partial charge in [0.25, 0.3) is 5.91 Å². The molecule has 7 nitrogen and oxygen atoms in total. The van der Waals surface area contributed by atoms with Crippen LogP contribution in [0.25, 0.3) is 0 Å². The van der Waals surface area contributed by atoms with Gasteiger partial charge in [0.1, 0.15) is 11.8 Å². The van der Waals surface area contributed by atoms with Gasteiger partial charge in [0.2, 0.25) is 0 Å². The zero-order valence-electron chi connectivity index (χ0n) is 12.0. The molecule has 0 aliphatic carbocycles. The molecule has 0 radical (unpaired) electrons. The van der Waals surface area contributed by atoms with E-state index in [1.807, 2.05) is 0 Å². The molecular weight excluding hydrogens is 288 g/mol. The van der Waals surface area contributed by atoms with Gasteiger partial charge in [-0.3, -0.25) is 14.5 Å². The minimum Gasteiger partial charge on any atom is -0.482 e. The second-order valence-corrected chi connectivity index (χ2v) is 5.60. The summed E-state index contributed by atoms with van der Waals surface area (Å²) >= 11 is 0. The molecule has 1 saturated heterocycles. The summed E-state index contributed by atoms with van der Waals surface area (Å²) in [5.74, 6) is -0.513. The van der Waals surface area contributed by atoms with E-state index in [0.717, 1.165) is 6.42 Å². The number of carbonyl (C=O) groups is 2. The molecular formula is C15H18N2O5. The average molecular weight is 306 g/mol. The maximum Gasteiger partial charge on any atom is 0.320 e. The molecule has 2 heterocycles. The number of benzene rings is 1. The molecule has 2 atom stereocenters. The first kappa shape index (κ1) is 14.8. The van der Waals surface area contributed by atoms with Crippen LogP contribution in [0.3, 0.4) is 0 Å². The van der Waals surface area contributed by atoms with Crippen molar-refractivity contribution in [2.24, 2.45) is 0 Å². The number of carboxylic acid groups (broad SMARTS) is 1. The number of anilines is 1. The summed E-state index contributed by atoms with van der Waals surface area (Å²) in [6, 6.07) is 4.57. The van der Waals surface area contributed by atoms with Crippen LogP contribution in [-0.2, 0) is 9.59 Å². The number of likely N-dealkylation sites (tertiary alicyclic amines) is 1. The number of carbonyl (C=O) groups excluding carboxylic acids is 1. The second kappa shape index (κ2) is 5.94. The Bertz CT molecular complexity index is 604. The van der Waals surface area contributed by atoms with Gasteiger partial charge in [-0.25, -0.2) is 0 Å². The van der Waals surface area contributed by atoms with E-state index in [4.69, 9.17) is 9.84 Å². The monoisotopic (exact) mass is 306 g/mol. The predicted octanol–water partition coefficient (Wildman–Crippen LogP) is 0.600. The highest BCUT2D eigenvalue weighted by molar-refractivity contribution is 5.95. The summed E-state index contributed by atoms with van der Waals surface area (Å²) in [5, 5.41) is 22.2. The predicted molar refractivity (Wildman–Crippen MR) is 77.8 cm³/mol. The van der Waals surface area contributed by atoms with Crippen molar-refractivity contribution in [3.63, 3.8) is 0 Å². The highest BCUT2D eigenvalue weighted by Gasteiger charge is 2.32. The normalized spacial score (nSPS) is 22.6. The number of aliphatic carboxylic acids is 1. The minimum atomic E-state index is -0.851. The Morgan fingerprint density at radius 3 is 3.09 bits per heavy atom. The van der Waals surface area contributed by atoms with Crippen molar-refractivity contribution in [1.82, 2.24) is 4.90 Å². The number of aliphatic hydroxyl groups excluding tert-OH is 1. The lowest BCUT2D eigenvalue weighted by Gasteiger charge is -2.25. The Hall–Kier alpha value is -2.12. The molecule has 2 aliphatic heterocycles. The van der Waals surface area contributed by atoms with E-state index in [0.29, 0.717) is 30.0 Å². The van der Waals surface area contributed by atoms with Crippen LogP contribution in [0.2, 0.25) is 0 Å². The van der Waals surface area contributed by atoms with Crippen molar-refractivity contribution in [1.29, 1.82) is 0 Å². The van der Waals surface area contributed by atoms with Crippen LogP contribution in [0.15, 0.2) is 18.2 Å². The molecule has 0 saturated carbocycles. The van der Waals surface area contributed by atoms with E-state index in [1.165, 1.54) is 0 Å². The number of fused-ring (bicyclic) bond motifs is 1. The molecule has 0 spiro atoms. The molecule has 2 unspecified atom stereocenters. The number of carboxylic acids is 1. The minimum absolute atomic E-state index is 0.0109. The van der Waals surface area contributed by atoms with Crippen molar-refractivity contribution < 1.29 is 24.5 Å². The fraction of sp³-hybridized carbons (Fsp3) is 0.467. The van der Waals surface area contributed by atoms with Gasteiger partial charge in [0.05, 0.1) is 11.8 Å². The fourth-order valence-electron chi connectivity index (χ4n) is 2.96. The quantitative estimate of drug-likeness (QED) is 0.753. The van der Waals surface area contributed by atoms with E-state index in [2.05, 4.69) is 5.32 Å². The molecule has 7 heteroatoms. The number of ether oxygens (including phenoxy) is 1. The summed E-state index contributed by atoms with van der Waals surface area (Å²) in [6.45, 7) is 0.909. The first-order chi connectivity index (χ1) is 10.5. The van der Waals surface area contributed by atoms with Crippen LogP contribution in [0, 0.1) is 0 Å².